The fourth-order valence-electron chi connectivity index (χ4n) is 2.14. The number of aromatic nitrogens is 2. The van der Waals surface area contributed by atoms with Crippen molar-refractivity contribution in [1.82, 2.24) is 9.78 Å². The van der Waals surface area contributed by atoms with E-state index in [1.165, 1.54) is 0 Å². The van der Waals surface area contributed by atoms with Gasteiger partial charge in [0.1, 0.15) is 5.69 Å². The normalized spacial score (nSPS) is 14.4. The molecule has 2 aromatic rings. The third-order valence-corrected chi connectivity index (χ3v) is 2.96. The Morgan fingerprint density at radius 2 is 2.12 bits per heavy atom. The smallest absolute Gasteiger partial charge is 0.170 e. The molecule has 0 aliphatic carbocycles. The zero-order valence-corrected chi connectivity index (χ0v) is 9.30. The Hall–Kier alpha value is -1.94. The number of rotatable bonds is 2. The van der Waals surface area contributed by atoms with Gasteiger partial charge >= 0.3 is 0 Å². The van der Waals surface area contributed by atoms with Crippen molar-refractivity contribution < 1.29 is 9.53 Å². The minimum Gasteiger partial charge on any atom is -0.376 e. The lowest BCUT2D eigenvalue weighted by Gasteiger charge is -2.14. The van der Waals surface area contributed by atoms with Gasteiger partial charge in [-0.25, -0.2) is 4.68 Å². The van der Waals surface area contributed by atoms with Crippen LogP contribution in [0.5, 0.6) is 0 Å². The number of fused-ring (bicyclic) bond motifs is 1. The minimum absolute atomic E-state index is 0.482. The highest BCUT2D eigenvalue weighted by Crippen LogP contribution is 2.22. The standard InChI is InChI=1S/C13H12N2O2/c16-8-12-11-9-17-7-6-13(11)15(14-12)10-4-2-1-3-5-10/h1-5,8H,6-7,9H2. The summed E-state index contributed by atoms with van der Waals surface area (Å²) >= 11 is 0. The molecule has 1 aliphatic heterocycles. The lowest BCUT2D eigenvalue weighted by Crippen LogP contribution is -2.13. The number of para-hydroxylation sites is 1. The number of hydrogen-bond donors (Lipinski definition) is 0. The molecule has 0 amide bonds. The van der Waals surface area contributed by atoms with Gasteiger partial charge in [-0.05, 0) is 12.1 Å². The SMILES string of the molecule is O=Cc1nn(-c2ccccc2)c2c1COCC2. The second kappa shape index (κ2) is 4.14. The number of hydrogen-bond acceptors (Lipinski definition) is 3. The molecule has 0 N–H and O–H groups in total. The molecule has 3 rings (SSSR count). The van der Waals surface area contributed by atoms with Crippen LogP contribution in [0, 0.1) is 0 Å². The van der Waals surface area contributed by atoms with Crippen molar-refractivity contribution in [1.29, 1.82) is 0 Å². The molecule has 0 spiro atoms. The van der Waals surface area contributed by atoms with E-state index in [2.05, 4.69) is 5.10 Å². The molecule has 2 heterocycles. The van der Waals surface area contributed by atoms with E-state index >= 15 is 0 Å². The van der Waals surface area contributed by atoms with Crippen molar-refractivity contribution in [3.63, 3.8) is 0 Å². The summed E-state index contributed by atoms with van der Waals surface area (Å²) in [6.07, 6.45) is 1.60. The molecule has 4 nitrogen and oxygen atoms in total. The van der Waals surface area contributed by atoms with E-state index in [1.807, 2.05) is 35.0 Å². The monoisotopic (exact) mass is 228 g/mol. The summed E-state index contributed by atoms with van der Waals surface area (Å²) < 4.78 is 7.22. The van der Waals surface area contributed by atoms with Crippen LogP contribution in [0.1, 0.15) is 21.7 Å². The van der Waals surface area contributed by atoms with E-state index in [1.54, 1.807) is 0 Å². The van der Waals surface area contributed by atoms with E-state index in [9.17, 15) is 4.79 Å². The topological polar surface area (TPSA) is 44.1 Å². The molecule has 86 valence electrons. The molecular weight excluding hydrogens is 216 g/mol. The molecule has 1 aliphatic rings. The van der Waals surface area contributed by atoms with Crippen LogP contribution in [0.3, 0.4) is 0 Å². The average molecular weight is 228 g/mol. The van der Waals surface area contributed by atoms with E-state index in [4.69, 9.17) is 4.74 Å². The minimum atomic E-state index is 0.482. The summed E-state index contributed by atoms with van der Waals surface area (Å²) in [5.41, 5.74) is 3.49. The first-order valence-electron chi connectivity index (χ1n) is 5.59. The number of carbonyl (C=O) groups is 1. The van der Waals surface area contributed by atoms with Crippen LogP contribution in [-0.2, 0) is 17.8 Å². The van der Waals surface area contributed by atoms with Gasteiger partial charge in [0.2, 0.25) is 0 Å². The van der Waals surface area contributed by atoms with Gasteiger partial charge in [0.15, 0.2) is 6.29 Å². The maximum absolute atomic E-state index is 11.0. The Morgan fingerprint density at radius 1 is 1.29 bits per heavy atom. The zero-order valence-electron chi connectivity index (χ0n) is 9.30. The van der Waals surface area contributed by atoms with Crippen LogP contribution in [0.2, 0.25) is 0 Å². The van der Waals surface area contributed by atoms with Gasteiger partial charge < -0.3 is 4.74 Å². The number of carbonyl (C=O) groups excluding carboxylic acids is 1. The van der Waals surface area contributed by atoms with Crippen LogP contribution < -0.4 is 0 Å². The highest BCUT2D eigenvalue weighted by molar-refractivity contribution is 5.75. The van der Waals surface area contributed by atoms with E-state index in [0.717, 1.165) is 29.7 Å². The number of aldehydes is 1. The van der Waals surface area contributed by atoms with Gasteiger partial charge in [-0.15, -0.1) is 0 Å². The van der Waals surface area contributed by atoms with Gasteiger partial charge in [0.05, 0.1) is 24.6 Å². The Morgan fingerprint density at radius 3 is 2.88 bits per heavy atom. The van der Waals surface area contributed by atoms with Crippen LogP contribution in [0.25, 0.3) is 5.69 Å². The third kappa shape index (κ3) is 1.66. The lowest BCUT2D eigenvalue weighted by atomic mass is 10.1. The molecule has 1 aromatic carbocycles. The van der Waals surface area contributed by atoms with Crippen molar-refractivity contribution in [2.24, 2.45) is 0 Å². The highest BCUT2D eigenvalue weighted by Gasteiger charge is 2.21. The summed E-state index contributed by atoms with van der Waals surface area (Å²) in [5.74, 6) is 0. The highest BCUT2D eigenvalue weighted by atomic mass is 16.5. The first-order chi connectivity index (χ1) is 8.40. The summed E-state index contributed by atoms with van der Waals surface area (Å²) in [6.45, 7) is 1.17. The summed E-state index contributed by atoms with van der Waals surface area (Å²) in [7, 11) is 0. The van der Waals surface area contributed by atoms with Crippen LogP contribution in [0.15, 0.2) is 30.3 Å². The van der Waals surface area contributed by atoms with Crippen molar-refractivity contribution in [2.75, 3.05) is 6.61 Å². The van der Waals surface area contributed by atoms with Crippen LogP contribution in [0.4, 0.5) is 0 Å². The van der Waals surface area contributed by atoms with Gasteiger partial charge in [0, 0.05) is 12.0 Å². The molecule has 0 saturated carbocycles. The summed E-state index contributed by atoms with van der Waals surface area (Å²) in [5, 5.41) is 4.35. The van der Waals surface area contributed by atoms with Crippen molar-refractivity contribution >= 4 is 6.29 Å². The Kier molecular flexibility index (Phi) is 2.49. The first kappa shape index (κ1) is 10.2. The van der Waals surface area contributed by atoms with Crippen molar-refractivity contribution in [3.8, 4) is 5.69 Å². The zero-order chi connectivity index (χ0) is 11.7. The predicted molar refractivity (Wildman–Crippen MR) is 62.3 cm³/mol. The summed E-state index contributed by atoms with van der Waals surface area (Å²) in [4.78, 5) is 11.0. The molecular formula is C13H12N2O2. The molecule has 0 fully saturated rings. The van der Waals surface area contributed by atoms with Crippen LogP contribution >= 0.6 is 0 Å². The Labute approximate surface area is 98.8 Å². The van der Waals surface area contributed by atoms with Gasteiger partial charge in [-0.1, -0.05) is 18.2 Å². The first-order valence-corrected chi connectivity index (χ1v) is 5.59. The van der Waals surface area contributed by atoms with Gasteiger partial charge in [0.25, 0.3) is 0 Å². The molecule has 0 radical (unpaired) electrons. The third-order valence-electron chi connectivity index (χ3n) is 2.96. The van der Waals surface area contributed by atoms with E-state index in [-0.39, 0.29) is 0 Å². The van der Waals surface area contributed by atoms with Crippen LogP contribution in [-0.4, -0.2) is 22.7 Å². The largest absolute Gasteiger partial charge is 0.376 e. The van der Waals surface area contributed by atoms with Crippen molar-refractivity contribution in [3.05, 3.63) is 47.3 Å². The maximum Gasteiger partial charge on any atom is 0.170 e. The summed E-state index contributed by atoms with van der Waals surface area (Å²) in [6, 6.07) is 9.85. The second-order valence-corrected chi connectivity index (χ2v) is 3.98. The number of ether oxygens (including phenoxy) is 1. The second-order valence-electron chi connectivity index (χ2n) is 3.98. The number of nitrogens with zero attached hydrogens (tertiary/aromatic N) is 2. The average Bonchev–Trinajstić information content (AvgIpc) is 2.78. The molecule has 0 atom stereocenters. The van der Waals surface area contributed by atoms with Gasteiger partial charge in [-0.2, -0.15) is 5.10 Å². The molecule has 0 unspecified atom stereocenters. The Bertz CT molecular complexity index is 546. The van der Waals surface area contributed by atoms with E-state index in [0.29, 0.717) is 18.9 Å². The molecule has 0 saturated heterocycles. The predicted octanol–water partition coefficient (Wildman–Crippen LogP) is 1.76. The molecule has 0 bridgehead atoms. The van der Waals surface area contributed by atoms with Gasteiger partial charge in [-0.3, -0.25) is 4.79 Å². The lowest BCUT2D eigenvalue weighted by molar-refractivity contribution is 0.105. The number of benzene rings is 1. The van der Waals surface area contributed by atoms with E-state index < -0.39 is 0 Å². The molecule has 4 heteroatoms. The van der Waals surface area contributed by atoms with Crippen molar-refractivity contribution in [2.45, 2.75) is 13.0 Å². The molecule has 17 heavy (non-hydrogen) atoms. The quantitative estimate of drug-likeness (QED) is 0.736. The fourth-order valence-corrected chi connectivity index (χ4v) is 2.14. The fraction of sp³-hybridized carbons (Fsp3) is 0.231. The Balaban J connectivity index is 2.17. The maximum atomic E-state index is 11.0. The molecule has 1 aromatic heterocycles.